The third kappa shape index (κ3) is 3.95. The lowest BCUT2D eigenvalue weighted by molar-refractivity contribution is -0.154. The fraction of sp³-hybridized carbons (Fsp3) is 0.308. The number of nitrogens with one attached hydrogen (secondary N) is 3. The van der Waals surface area contributed by atoms with Crippen molar-refractivity contribution in [3.05, 3.63) is 46.4 Å². The van der Waals surface area contributed by atoms with Gasteiger partial charge in [-0.3, -0.25) is 0 Å². The molecule has 1 atom stereocenters. The third-order valence-corrected chi connectivity index (χ3v) is 3.26. The molecule has 1 heterocycles. The normalized spacial score (nSPS) is 21.2. The number of halogens is 5. The summed E-state index contributed by atoms with van der Waals surface area (Å²) in [5.41, 5.74) is 0.517. The first-order chi connectivity index (χ1) is 9.77. The first-order valence-electron chi connectivity index (χ1n) is 6.06. The van der Waals surface area contributed by atoms with Gasteiger partial charge in [0.05, 0.1) is 10.7 Å². The van der Waals surface area contributed by atoms with Gasteiger partial charge in [-0.25, -0.2) is 4.39 Å². The van der Waals surface area contributed by atoms with Gasteiger partial charge in [-0.1, -0.05) is 11.6 Å². The number of piperazine rings is 1. The Morgan fingerprint density at radius 2 is 2.10 bits per heavy atom. The van der Waals surface area contributed by atoms with Gasteiger partial charge in [0.1, 0.15) is 11.9 Å². The van der Waals surface area contributed by atoms with Crippen LogP contribution in [-0.2, 0) is 0 Å². The highest BCUT2D eigenvalue weighted by Crippen LogP contribution is 2.22. The quantitative estimate of drug-likeness (QED) is 0.579. The molecule has 0 spiro atoms. The molecule has 1 fully saturated rings. The van der Waals surface area contributed by atoms with Gasteiger partial charge in [-0.15, -0.1) is 0 Å². The average Bonchev–Trinajstić information content (AvgIpc) is 2.41. The Labute approximate surface area is 123 Å². The minimum absolute atomic E-state index is 0.0518. The number of hydrogen-bond donors (Lipinski definition) is 3. The zero-order valence-electron chi connectivity index (χ0n) is 10.7. The molecule has 114 valence electrons. The summed E-state index contributed by atoms with van der Waals surface area (Å²) < 4.78 is 50.9. The molecule has 1 aliphatic heterocycles. The second-order valence-electron chi connectivity index (χ2n) is 4.58. The predicted octanol–water partition coefficient (Wildman–Crippen LogP) is 2.85. The largest absolute Gasteiger partial charge is 0.409 e. The Balaban J connectivity index is 2.14. The van der Waals surface area contributed by atoms with Crippen molar-refractivity contribution in [1.29, 1.82) is 5.41 Å². The first kappa shape index (κ1) is 15.8. The Hall–Kier alpha value is -1.60. The maximum Gasteiger partial charge on any atom is 0.409 e. The van der Waals surface area contributed by atoms with Gasteiger partial charge in [-0.2, -0.15) is 13.2 Å². The zero-order chi connectivity index (χ0) is 15.6. The Morgan fingerprint density at radius 1 is 1.38 bits per heavy atom. The van der Waals surface area contributed by atoms with Crippen LogP contribution < -0.4 is 10.6 Å². The van der Waals surface area contributed by atoms with Crippen LogP contribution in [-0.4, -0.2) is 31.0 Å². The third-order valence-electron chi connectivity index (χ3n) is 2.97. The summed E-state index contributed by atoms with van der Waals surface area (Å²) >= 11 is 5.61. The van der Waals surface area contributed by atoms with E-state index in [0.29, 0.717) is 5.56 Å². The number of hydrogen-bond acceptors (Lipinski definition) is 3. The minimum Gasteiger partial charge on any atom is -0.375 e. The van der Waals surface area contributed by atoms with Gasteiger partial charge >= 0.3 is 6.18 Å². The highest BCUT2D eigenvalue weighted by Gasteiger charge is 2.41. The van der Waals surface area contributed by atoms with Gasteiger partial charge in [-0.05, 0) is 24.3 Å². The standard InChI is InChI=1S/C13H12ClF4N3/c14-9-3-7(1-2-10(9)15)11(19)4-8-5-20-6-12(21-8)13(16,17)18/h1-4,12,19-21H,5-6H2/b8-4-,19-11?. The summed E-state index contributed by atoms with van der Waals surface area (Å²) in [5, 5.41) is 12.7. The molecule has 3 N–H and O–H groups in total. The molecule has 8 heteroatoms. The number of benzene rings is 1. The van der Waals surface area contributed by atoms with E-state index in [4.69, 9.17) is 17.0 Å². The van der Waals surface area contributed by atoms with Crippen LogP contribution in [0.5, 0.6) is 0 Å². The van der Waals surface area contributed by atoms with Crippen LogP contribution in [0.4, 0.5) is 17.6 Å². The molecule has 0 aromatic heterocycles. The average molecular weight is 322 g/mol. The Bertz CT molecular complexity index is 583. The van der Waals surface area contributed by atoms with E-state index >= 15 is 0 Å². The molecule has 0 aliphatic carbocycles. The van der Waals surface area contributed by atoms with E-state index in [0.717, 1.165) is 6.07 Å². The van der Waals surface area contributed by atoms with Gasteiger partial charge in [0.2, 0.25) is 0 Å². The second kappa shape index (κ2) is 6.03. The molecule has 1 aromatic rings. The monoisotopic (exact) mass is 321 g/mol. The van der Waals surface area contributed by atoms with Crippen molar-refractivity contribution < 1.29 is 17.6 Å². The molecule has 0 bridgehead atoms. The predicted molar refractivity (Wildman–Crippen MR) is 72.2 cm³/mol. The number of allylic oxidation sites excluding steroid dienone is 1. The van der Waals surface area contributed by atoms with Crippen LogP contribution in [0.15, 0.2) is 30.0 Å². The van der Waals surface area contributed by atoms with Crippen LogP contribution in [0, 0.1) is 11.2 Å². The van der Waals surface area contributed by atoms with Crippen molar-refractivity contribution in [1.82, 2.24) is 10.6 Å². The second-order valence-corrected chi connectivity index (χ2v) is 4.99. The first-order valence-corrected chi connectivity index (χ1v) is 6.43. The summed E-state index contributed by atoms with van der Waals surface area (Å²) in [6.07, 6.45) is -3.09. The lowest BCUT2D eigenvalue weighted by Crippen LogP contribution is -2.54. The smallest absolute Gasteiger partial charge is 0.375 e. The maximum absolute atomic E-state index is 13.0. The van der Waals surface area contributed by atoms with Crippen molar-refractivity contribution in [3.8, 4) is 0 Å². The SMILES string of the molecule is N=C(/C=C1/CNCC(C(F)(F)F)N1)c1ccc(F)c(Cl)c1. The van der Waals surface area contributed by atoms with E-state index in [1.807, 2.05) is 0 Å². The molecule has 3 nitrogen and oxygen atoms in total. The molecule has 21 heavy (non-hydrogen) atoms. The summed E-state index contributed by atoms with van der Waals surface area (Å²) in [6, 6.07) is 2.02. The molecule has 1 saturated heterocycles. The Morgan fingerprint density at radius 3 is 2.71 bits per heavy atom. The molecule has 2 rings (SSSR count). The molecular weight excluding hydrogens is 310 g/mol. The van der Waals surface area contributed by atoms with Gasteiger partial charge < -0.3 is 16.0 Å². The molecule has 1 unspecified atom stereocenters. The minimum atomic E-state index is -4.37. The van der Waals surface area contributed by atoms with Crippen LogP contribution in [0.2, 0.25) is 5.02 Å². The summed E-state index contributed by atoms with van der Waals surface area (Å²) in [5.74, 6) is -0.615. The van der Waals surface area contributed by atoms with Gasteiger partial charge in [0, 0.05) is 24.4 Å². The van der Waals surface area contributed by atoms with Crippen LogP contribution in [0.3, 0.4) is 0 Å². The highest BCUT2D eigenvalue weighted by atomic mass is 35.5. The van der Waals surface area contributed by atoms with E-state index < -0.39 is 18.0 Å². The fourth-order valence-corrected chi connectivity index (χ4v) is 2.07. The maximum atomic E-state index is 13.0. The van der Waals surface area contributed by atoms with Crippen LogP contribution in [0.1, 0.15) is 5.56 Å². The number of alkyl halides is 3. The van der Waals surface area contributed by atoms with Crippen LogP contribution in [0.25, 0.3) is 0 Å². The zero-order valence-corrected chi connectivity index (χ0v) is 11.4. The molecular formula is C13H12ClF4N3. The van der Waals surface area contributed by atoms with E-state index in [1.165, 1.54) is 18.2 Å². The molecule has 0 saturated carbocycles. The van der Waals surface area contributed by atoms with Crippen molar-refractivity contribution in [2.24, 2.45) is 0 Å². The van der Waals surface area contributed by atoms with Gasteiger partial charge in [0.15, 0.2) is 0 Å². The molecule has 1 aromatic carbocycles. The van der Waals surface area contributed by atoms with Crippen LogP contribution >= 0.6 is 11.6 Å². The topological polar surface area (TPSA) is 47.9 Å². The van der Waals surface area contributed by atoms with E-state index in [2.05, 4.69) is 10.6 Å². The molecule has 0 amide bonds. The van der Waals surface area contributed by atoms with Crippen molar-refractivity contribution >= 4 is 17.3 Å². The highest BCUT2D eigenvalue weighted by molar-refractivity contribution is 6.31. The lowest BCUT2D eigenvalue weighted by atomic mass is 10.1. The van der Waals surface area contributed by atoms with E-state index in [1.54, 1.807) is 0 Å². The lowest BCUT2D eigenvalue weighted by Gasteiger charge is -2.29. The van der Waals surface area contributed by atoms with Crippen molar-refractivity contribution in [3.63, 3.8) is 0 Å². The molecule has 1 aliphatic rings. The Kier molecular flexibility index (Phi) is 4.53. The van der Waals surface area contributed by atoms with E-state index in [9.17, 15) is 17.6 Å². The summed E-state index contributed by atoms with van der Waals surface area (Å²) in [6.45, 7) is -0.0273. The summed E-state index contributed by atoms with van der Waals surface area (Å²) in [7, 11) is 0. The molecule has 0 radical (unpaired) electrons. The van der Waals surface area contributed by atoms with E-state index in [-0.39, 0.29) is 29.5 Å². The van der Waals surface area contributed by atoms with Crippen molar-refractivity contribution in [2.75, 3.05) is 13.1 Å². The fourth-order valence-electron chi connectivity index (χ4n) is 1.89. The van der Waals surface area contributed by atoms with Crippen molar-refractivity contribution in [2.45, 2.75) is 12.2 Å². The van der Waals surface area contributed by atoms with Gasteiger partial charge in [0.25, 0.3) is 0 Å². The number of rotatable bonds is 2. The summed E-state index contributed by atoms with van der Waals surface area (Å²) in [4.78, 5) is 0.